The van der Waals surface area contributed by atoms with Gasteiger partial charge in [-0.15, -0.1) is 12.4 Å². The fourth-order valence-corrected chi connectivity index (χ4v) is 2.35. The normalized spacial score (nSPS) is 14.5. The lowest BCUT2D eigenvalue weighted by Crippen LogP contribution is -2.26. The molecule has 0 unspecified atom stereocenters. The van der Waals surface area contributed by atoms with Gasteiger partial charge >= 0.3 is 0 Å². The molecule has 0 fully saturated rings. The average Bonchev–Trinajstić information content (AvgIpc) is 2.70. The number of pyridine rings is 1. The molecule has 3 rings (SSSR count). The van der Waals surface area contributed by atoms with E-state index >= 15 is 0 Å². The Kier molecular flexibility index (Phi) is 4.19. The molecule has 114 valence electrons. The topological polar surface area (TPSA) is 71.1 Å². The van der Waals surface area contributed by atoms with E-state index in [9.17, 15) is 9.59 Å². The van der Waals surface area contributed by atoms with E-state index < -0.39 is 5.41 Å². The standard InChI is InChI=1S/C16H15N3O2.ClH/c1-16(2)12-8-11(5-6-13(12)19-15(16)21)18-14(20)10-4-3-7-17-9-10;/h3-9H,1-2H3,(H,18,20)(H,19,21);1H. The van der Waals surface area contributed by atoms with Gasteiger partial charge in [0.1, 0.15) is 0 Å². The first-order valence-corrected chi connectivity index (χ1v) is 6.66. The van der Waals surface area contributed by atoms with Crippen LogP contribution in [0.2, 0.25) is 0 Å². The minimum absolute atomic E-state index is 0. The van der Waals surface area contributed by atoms with Crippen molar-refractivity contribution in [3.63, 3.8) is 0 Å². The molecule has 1 aliphatic heterocycles. The van der Waals surface area contributed by atoms with Gasteiger partial charge in [-0.2, -0.15) is 0 Å². The predicted octanol–water partition coefficient (Wildman–Crippen LogP) is 2.99. The van der Waals surface area contributed by atoms with Gasteiger partial charge in [0, 0.05) is 23.8 Å². The largest absolute Gasteiger partial charge is 0.325 e. The van der Waals surface area contributed by atoms with Crippen molar-refractivity contribution in [3.05, 3.63) is 53.9 Å². The van der Waals surface area contributed by atoms with Gasteiger partial charge in [0.25, 0.3) is 5.91 Å². The molecule has 1 aromatic heterocycles. The summed E-state index contributed by atoms with van der Waals surface area (Å²) in [6, 6.07) is 8.82. The van der Waals surface area contributed by atoms with Gasteiger partial charge in [0.15, 0.2) is 0 Å². The Labute approximate surface area is 134 Å². The highest BCUT2D eigenvalue weighted by Crippen LogP contribution is 2.38. The third-order valence-electron chi connectivity index (χ3n) is 3.69. The van der Waals surface area contributed by atoms with Crippen molar-refractivity contribution in [1.82, 2.24) is 4.98 Å². The monoisotopic (exact) mass is 317 g/mol. The maximum Gasteiger partial charge on any atom is 0.257 e. The molecule has 0 spiro atoms. The van der Waals surface area contributed by atoms with Crippen LogP contribution in [0.1, 0.15) is 29.8 Å². The predicted molar refractivity (Wildman–Crippen MR) is 87.5 cm³/mol. The first kappa shape index (κ1) is 16.0. The summed E-state index contributed by atoms with van der Waals surface area (Å²) >= 11 is 0. The fourth-order valence-electron chi connectivity index (χ4n) is 2.35. The van der Waals surface area contributed by atoms with Crippen LogP contribution in [0.3, 0.4) is 0 Å². The number of amides is 2. The molecule has 1 aliphatic rings. The first-order valence-electron chi connectivity index (χ1n) is 6.66. The highest BCUT2D eigenvalue weighted by Gasteiger charge is 2.38. The van der Waals surface area contributed by atoms with Crippen LogP contribution in [0.4, 0.5) is 11.4 Å². The number of aromatic nitrogens is 1. The molecule has 0 bridgehead atoms. The van der Waals surface area contributed by atoms with Gasteiger partial charge in [0.2, 0.25) is 5.91 Å². The SMILES string of the molecule is CC1(C)C(=O)Nc2ccc(NC(=O)c3cccnc3)cc21.Cl. The lowest BCUT2D eigenvalue weighted by atomic mass is 9.86. The number of carbonyl (C=O) groups is 2. The van der Waals surface area contributed by atoms with Crippen molar-refractivity contribution in [1.29, 1.82) is 0 Å². The van der Waals surface area contributed by atoms with Gasteiger partial charge in [-0.05, 0) is 49.7 Å². The number of rotatable bonds is 2. The minimum atomic E-state index is -0.593. The summed E-state index contributed by atoms with van der Waals surface area (Å²) in [5.41, 5.74) is 2.24. The second-order valence-corrected chi connectivity index (χ2v) is 5.54. The molecule has 0 radical (unpaired) electrons. The Morgan fingerprint density at radius 1 is 1.27 bits per heavy atom. The molecule has 0 saturated carbocycles. The van der Waals surface area contributed by atoms with Crippen LogP contribution in [-0.2, 0) is 10.2 Å². The molecule has 2 N–H and O–H groups in total. The van der Waals surface area contributed by atoms with Crippen molar-refractivity contribution in [2.75, 3.05) is 10.6 Å². The van der Waals surface area contributed by atoms with Gasteiger partial charge in [-0.25, -0.2) is 0 Å². The zero-order valence-electron chi connectivity index (χ0n) is 12.2. The molecular weight excluding hydrogens is 302 g/mol. The quantitative estimate of drug-likeness (QED) is 0.894. The summed E-state index contributed by atoms with van der Waals surface area (Å²) in [7, 11) is 0. The Hall–Kier alpha value is -2.40. The van der Waals surface area contributed by atoms with E-state index in [1.807, 2.05) is 19.9 Å². The van der Waals surface area contributed by atoms with Crippen molar-refractivity contribution >= 4 is 35.6 Å². The Morgan fingerprint density at radius 3 is 2.73 bits per heavy atom. The van der Waals surface area contributed by atoms with Crippen molar-refractivity contribution < 1.29 is 9.59 Å². The second-order valence-electron chi connectivity index (χ2n) is 5.54. The van der Waals surface area contributed by atoms with Crippen LogP contribution in [0.5, 0.6) is 0 Å². The summed E-state index contributed by atoms with van der Waals surface area (Å²) in [5.74, 6) is -0.258. The number of fused-ring (bicyclic) bond motifs is 1. The van der Waals surface area contributed by atoms with Crippen LogP contribution >= 0.6 is 12.4 Å². The second kappa shape index (κ2) is 5.77. The summed E-state index contributed by atoms with van der Waals surface area (Å²) in [6.45, 7) is 3.72. The van der Waals surface area contributed by atoms with Crippen LogP contribution < -0.4 is 10.6 Å². The average molecular weight is 318 g/mol. The summed E-state index contributed by atoms with van der Waals surface area (Å²) in [5, 5.41) is 5.66. The Bertz CT molecular complexity index is 729. The van der Waals surface area contributed by atoms with Crippen LogP contribution in [-0.4, -0.2) is 16.8 Å². The van der Waals surface area contributed by atoms with Gasteiger partial charge < -0.3 is 10.6 Å². The van der Waals surface area contributed by atoms with E-state index in [0.717, 1.165) is 11.3 Å². The number of nitrogens with zero attached hydrogens (tertiary/aromatic N) is 1. The molecule has 2 heterocycles. The number of benzene rings is 1. The number of carbonyl (C=O) groups excluding carboxylic acids is 2. The molecule has 22 heavy (non-hydrogen) atoms. The molecule has 2 amide bonds. The summed E-state index contributed by atoms with van der Waals surface area (Å²) in [6.07, 6.45) is 3.13. The molecule has 5 nitrogen and oxygen atoms in total. The highest BCUT2D eigenvalue weighted by molar-refractivity contribution is 6.07. The van der Waals surface area contributed by atoms with Gasteiger partial charge in [-0.1, -0.05) is 0 Å². The lowest BCUT2D eigenvalue weighted by Gasteiger charge is -2.16. The van der Waals surface area contributed by atoms with E-state index in [2.05, 4.69) is 15.6 Å². The first-order chi connectivity index (χ1) is 9.98. The molecule has 2 aromatic rings. The zero-order chi connectivity index (χ0) is 15.0. The minimum Gasteiger partial charge on any atom is -0.325 e. The van der Waals surface area contributed by atoms with E-state index in [0.29, 0.717) is 11.3 Å². The van der Waals surface area contributed by atoms with E-state index in [-0.39, 0.29) is 24.2 Å². The molecule has 0 aliphatic carbocycles. The lowest BCUT2D eigenvalue weighted by molar-refractivity contribution is -0.119. The van der Waals surface area contributed by atoms with Gasteiger partial charge in [-0.3, -0.25) is 14.6 Å². The Balaban J connectivity index is 0.00000176. The summed E-state index contributed by atoms with van der Waals surface area (Å²) < 4.78 is 0. The fraction of sp³-hybridized carbons (Fsp3) is 0.188. The van der Waals surface area contributed by atoms with Crippen molar-refractivity contribution in [3.8, 4) is 0 Å². The summed E-state index contributed by atoms with van der Waals surface area (Å²) in [4.78, 5) is 27.9. The van der Waals surface area contributed by atoms with Crippen LogP contribution in [0.25, 0.3) is 0 Å². The van der Waals surface area contributed by atoms with Crippen molar-refractivity contribution in [2.24, 2.45) is 0 Å². The smallest absolute Gasteiger partial charge is 0.257 e. The third-order valence-corrected chi connectivity index (χ3v) is 3.69. The van der Waals surface area contributed by atoms with Crippen LogP contribution in [0, 0.1) is 0 Å². The maximum atomic E-state index is 12.1. The number of nitrogens with one attached hydrogen (secondary N) is 2. The number of hydrogen-bond donors (Lipinski definition) is 2. The molecule has 0 atom stereocenters. The Morgan fingerprint density at radius 2 is 2.05 bits per heavy atom. The maximum absolute atomic E-state index is 12.1. The third kappa shape index (κ3) is 2.67. The molecular formula is C16H16ClN3O2. The van der Waals surface area contributed by atoms with Crippen LogP contribution in [0.15, 0.2) is 42.7 Å². The number of anilines is 2. The highest BCUT2D eigenvalue weighted by atomic mass is 35.5. The van der Waals surface area contributed by atoms with E-state index in [4.69, 9.17) is 0 Å². The number of hydrogen-bond acceptors (Lipinski definition) is 3. The van der Waals surface area contributed by atoms with Crippen molar-refractivity contribution in [2.45, 2.75) is 19.3 Å². The zero-order valence-corrected chi connectivity index (χ0v) is 13.0. The van der Waals surface area contributed by atoms with Gasteiger partial charge in [0.05, 0.1) is 11.0 Å². The number of halogens is 1. The van der Waals surface area contributed by atoms with E-state index in [1.165, 1.54) is 6.20 Å². The molecule has 6 heteroatoms. The van der Waals surface area contributed by atoms with E-state index in [1.54, 1.807) is 30.5 Å². The molecule has 0 saturated heterocycles. The molecule has 1 aromatic carbocycles.